The van der Waals surface area contributed by atoms with E-state index in [0.29, 0.717) is 36.9 Å². The average Bonchev–Trinajstić information content (AvgIpc) is 3.15. The summed E-state index contributed by atoms with van der Waals surface area (Å²) < 4.78 is 13.3. The summed E-state index contributed by atoms with van der Waals surface area (Å²) in [6, 6.07) is 1.83. The minimum Gasteiger partial charge on any atom is -0.376 e. The molecular weight excluding hydrogens is 390 g/mol. The molecule has 3 aromatic rings. The van der Waals surface area contributed by atoms with Crippen molar-refractivity contribution >= 4 is 17.2 Å². The van der Waals surface area contributed by atoms with Gasteiger partial charge in [0.1, 0.15) is 0 Å². The number of hydrogen-bond donors (Lipinski definition) is 0. The molecule has 3 aromatic heterocycles. The molecule has 2 aliphatic rings. The predicted molar refractivity (Wildman–Crippen MR) is 107 cm³/mol. The van der Waals surface area contributed by atoms with Crippen LogP contribution in [0.2, 0.25) is 0 Å². The van der Waals surface area contributed by atoms with Crippen LogP contribution in [0.3, 0.4) is 0 Å². The second-order valence-corrected chi connectivity index (χ2v) is 8.49. The highest BCUT2D eigenvalue weighted by atomic mass is 32.1. The van der Waals surface area contributed by atoms with Crippen molar-refractivity contribution in [3.63, 3.8) is 0 Å². The summed E-state index contributed by atoms with van der Waals surface area (Å²) >= 11 is 1.51. The van der Waals surface area contributed by atoms with Crippen LogP contribution >= 0.6 is 11.3 Å². The predicted octanol–water partition coefficient (Wildman–Crippen LogP) is 2.79. The number of rotatable bonds is 7. The molecule has 152 valence electrons. The molecule has 1 saturated carbocycles. The van der Waals surface area contributed by atoms with Gasteiger partial charge in [-0.25, -0.2) is 0 Å². The molecule has 29 heavy (non-hydrogen) atoms. The molecule has 5 rings (SSSR count). The minimum atomic E-state index is 0.00000538. The molecule has 4 heterocycles. The van der Waals surface area contributed by atoms with Gasteiger partial charge < -0.3 is 14.2 Å². The van der Waals surface area contributed by atoms with Gasteiger partial charge in [0.15, 0.2) is 11.5 Å². The first-order chi connectivity index (χ1) is 14.2. The normalized spacial score (nSPS) is 16.0. The first-order valence-corrected chi connectivity index (χ1v) is 10.9. The Hall–Kier alpha value is -2.52. The van der Waals surface area contributed by atoms with Gasteiger partial charge in [-0.3, -0.25) is 9.48 Å². The fraction of sp³-hybridized carbons (Fsp3) is 0.500. The Kier molecular flexibility index (Phi) is 4.92. The van der Waals surface area contributed by atoms with Gasteiger partial charge in [0, 0.05) is 49.6 Å². The lowest BCUT2D eigenvalue weighted by Gasteiger charge is -2.15. The second kappa shape index (κ2) is 7.72. The molecule has 0 aromatic carbocycles. The zero-order chi connectivity index (χ0) is 19.8. The summed E-state index contributed by atoms with van der Waals surface area (Å²) in [6.07, 6.45) is 3.95. The monoisotopic (exact) mass is 413 g/mol. The Morgan fingerprint density at radius 1 is 1.41 bits per heavy atom. The number of thiophene rings is 1. The van der Waals surface area contributed by atoms with Gasteiger partial charge in [0.05, 0.1) is 18.8 Å². The average molecular weight is 414 g/mol. The fourth-order valence-electron chi connectivity index (χ4n) is 3.60. The van der Waals surface area contributed by atoms with Crippen LogP contribution in [0.1, 0.15) is 40.3 Å². The second-order valence-electron chi connectivity index (χ2n) is 7.71. The molecule has 1 fully saturated rings. The van der Waals surface area contributed by atoms with Crippen molar-refractivity contribution in [2.24, 2.45) is 5.92 Å². The van der Waals surface area contributed by atoms with Crippen LogP contribution in [0, 0.1) is 5.92 Å². The molecule has 0 unspecified atom stereocenters. The number of nitrogens with zero attached hydrogens (tertiary/aromatic N) is 5. The van der Waals surface area contributed by atoms with Gasteiger partial charge >= 0.3 is 0 Å². The van der Waals surface area contributed by atoms with E-state index in [2.05, 4.69) is 14.8 Å². The molecule has 0 bridgehead atoms. The van der Waals surface area contributed by atoms with Gasteiger partial charge in [0.2, 0.25) is 0 Å². The van der Waals surface area contributed by atoms with Crippen LogP contribution in [0.4, 0.5) is 0 Å². The number of fused-ring (bicyclic) bond motifs is 1. The number of aromatic nitrogens is 4. The van der Waals surface area contributed by atoms with Gasteiger partial charge in [0.25, 0.3) is 11.8 Å². The first kappa shape index (κ1) is 18.5. The summed E-state index contributed by atoms with van der Waals surface area (Å²) in [5.41, 5.74) is 3.75. The third-order valence-corrected chi connectivity index (χ3v) is 6.16. The fourth-order valence-corrected chi connectivity index (χ4v) is 4.23. The highest BCUT2D eigenvalue weighted by Crippen LogP contribution is 2.34. The molecule has 0 N–H and O–H groups in total. The molecular formula is C20H23N5O3S. The summed E-state index contributed by atoms with van der Waals surface area (Å²) in [5, 5.41) is 12.7. The van der Waals surface area contributed by atoms with Crippen molar-refractivity contribution in [2.45, 2.75) is 38.8 Å². The Morgan fingerprint density at radius 3 is 3.10 bits per heavy atom. The van der Waals surface area contributed by atoms with E-state index in [0.717, 1.165) is 36.7 Å². The standard InChI is InChI=1S/C20H23N5O3S/c1-24(20(26)14-6-9-29-12-14)7-4-17-21-19(28-23-17)18-15-11-27-8-5-16(15)25(22-18)10-13-2-3-13/h6,9,12-13H,2-5,7-8,10-11H2,1H3. The lowest BCUT2D eigenvalue weighted by molar-refractivity contribution is 0.0796. The molecule has 1 amide bonds. The van der Waals surface area contributed by atoms with E-state index < -0.39 is 0 Å². The lowest BCUT2D eigenvalue weighted by atomic mass is 10.1. The Balaban J connectivity index is 1.30. The van der Waals surface area contributed by atoms with Gasteiger partial charge in [-0.05, 0) is 30.2 Å². The van der Waals surface area contributed by atoms with Crippen LogP contribution in [-0.4, -0.2) is 50.9 Å². The summed E-state index contributed by atoms with van der Waals surface area (Å²) in [5.74, 6) is 1.75. The molecule has 1 aliphatic heterocycles. The van der Waals surface area contributed by atoms with Crippen molar-refractivity contribution in [2.75, 3.05) is 20.2 Å². The zero-order valence-electron chi connectivity index (χ0n) is 16.3. The number of carbonyl (C=O) groups is 1. The molecule has 1 aliphatic carbocycles. The lowest BCUT2D eigenvalue weighted by Crippen LogP contribution is -2.28. The topological polar surface area (TPSA) is 86.3 Å². The van der Waals surface area contributed by atoms with Crippen molar-refractivity contribution in [3.05, 3.63) is 39.5 Å². The number of amides is 1. The highest BCUT2D eigenvalue weighted by Gasteiger charge is 2.29. The largest absolute Gasteiger partial charge is 0.376 e. The first-order valence-electron chi connectivity index (χ1n) is 9.96. The van der Waals surface area contributed by atoms with Gasteiger partial charge in [-0.15, -0.1) is 0 Å². The number of likely N-dealkylation sites (N-methyl/N-ethyl adjacent to an activating group) is 1. The van der Waals surface area contributed by atoms with E-state index in [9.17, 15) is 4.79 Å². The maximum Gasteiger partial charge on any atom is 0.278 e. The van der Waals surface area contributed by atoms with E-state index in [-0.39, 0.29) is 5.91 Å². The summed E-state index contributed by atoms with van der Waals surface area (Å²) in [6.45, 7) is 2.73. The van der Waals surface area contributed by atoms with E-state index in [1.165, 1.54) is 29.9 Å². The molecule has 8 nitrogen and oxygen atoms in total. The number of carbonyl (C=O) groups excluding carboxylic acids is 1. The summed E-state index contributed by atoms with van der Waals surface area (Å²) in [7, 11) is 1.79. The molecule has 0 spiro atoms. The van der Waals surface area contributed by atoms with Crippen LogP contribution in [-0.2, 0) is 30.7 Å². The summed E-state index contributed by atoms with van der Waals surface area (Å²) in [4.78, 5) is 18.6. The van der Waals surface area contributed by atoms with Crippen LogP contribution in [0.5, 0.6) is 0 Å². The Labute approximate surface area is 172 Å². The number of ether oxygens (including phenoxy) is 1. The van der Waals surface area contributed by atoms with Crippen LogP contribution in [0.25, 0.3) is 11.6 Å². The van der Waals surface area contributed by atoms with Crippen LogP contribution < -0.4 is 0 Å². The van der Waals surface area contributed by atoms with Crippen molar-refractivity contribution in [1.29, 1.82) is 0 Å². The quantitative estimate of drug-likeness (QED) is 0.592. The van der Waals surface area contributed by atoms with E-state index in [1.807, 2.05) is 16.8 Å². The Bertz CT molecular complexity index is 1010. The van der Waals surface area contributed by atoms with Crippen LogP contribution in [0.15, 0.2) is 21.3 Å². The van der Waals surface area contributed by atoms with E-state index in [1.54, 1.807) is 11.9 Å². The third kappa shape index (κ3) is 3.84. The van der Waals surface area contributed by atoms with Crippen molar-refractivity contribution in [1.82, 2.24) is 24.8 Å². The highest BCUT2D eigenvalue weighted by molar-refractivity contribution is 7.08. The van der Waals surface area contributed by atoms with Crippen molar-refractivity contribution in [3.8, 4) is 11.6 Å². The smallest absolute Gasteiger partial charge is 0.278 e. The maximum absolute atomic E-state index is 12.4. The van der Waals surface area contributed by atoms with E-state index >= 15 is 0 Å². The molecule has 0 saturated heterocycles. The number of hydrogen-bond acceptors (Lipinski definition) is 7. The Morgan fingerprint density at radius 2 is 2.31 bits per heavy atom. The third-order valence-electron chi connectivity index (χ3n) is 5.48. The molecule has 0 atom stereocenters. The molecule has 0 radical (unpaired) electrons. The van der Waals surface area contributed by atoms with Gasteiger partial charge in [-0.1, -0.05) is 5.16 Å². The van der Waals surface area contributed by atoms with Gasteiger partial charge in [-0.2, -0.15) is 21.4 Å². The SMILES string of the molecule is CN(CCc1noc(-c2nn(CC3CC3)c3c2COCC3)n1)C(=O)c1ccsc1. The maximum atomic E-state index is 12.4. The zero-order valence-corrected chi connectivity index (χ0v) is 17.2. The molecule has 9 heteroatoms. The minimum absolute atomic E-state index is 0.00000538. The van der Waals surface area contributed by atoms with Crippen molar-refractivity contribution < 1.29 is 14.1 Å². The van der Waals surface area contributed by atoms with E-state index in [4.69, 9.17) is 14.4 Å².